The quantitative estimate of drug-likeness (QED) is 0.334. The molecule has 0 aliphatic heterocycles. The van der Waals surface area contributed by atoms with Crippen molar-refractivity contribution in [3.05, 3.63) is 72.2 Å². The van der Waals surface area contributed by atoms with Gasteiger partial charge in [-0.1, -0.05) is 53.7 Å². The lowest BCUT2D eigenvalue weighted by atomic mass is 9.76. The van der Waals surface area contributed by atoms with Crippen molar-refractivity contribution in [3.8, 4) is 5.75 Å². The zero-order chi connectivity index (χ0) is 27.3. The van der Waals surface area contributed by atoms with E-state index in [1.54, 1.807) is 0 Å². The minimum Gasteiger partial charge on any atom is -0.483 e. The van der Waals surface area contributed by atoms with E-state index < -0.39 is 10.0 Å². The van der Waals surface area contributed by atoms with Crippen LogP contribution in [0.25, 0.3) is 0 Å². The summed E-state index contributed by atoms with van der Waals surface area (Å²) in [6.45, 7) is 12.9. The fourth-order valence-electron chi connectivity index (χ4n) is 3.61. The minimum absolute atomic E-state index is 0.0361. The Labute approximate surface area is 219 Å². The summed E-state index contributed by atoms with van der Waals surface area (Å²) in [5, 5.41) is 2.76. The first-order valence-corrected chi connectivity index (χ1v) is 13.8. The highest BCUT2D eigenvalue weighted by Crippen LogP contribution is 2.38. The molecular weight excluding hydrogens is 488 g/mol. The lowest BCUT2D eigenvalue weighted by Crippen LogP contribution is -2.24. The molecule has 0 spiro atoms. The summed E-state index contributed by atoms with van der Waals surface area (Å²) in [5.41, 5.74) is 2.70. The van der Waals surface area contributed by atoms with Crippen LogP contribution in [0.2, 0.25) is 0 Å². The van der Waals surface area contributed by atoms with Gasteiger partial charge in [0.15, 0.2) is 12.4 Å². The van der Waals surface area contributed by atoms with E-state index in [0.29, 0.717) is 11.4 Å². The summed E-state index contributed by atoms with van der Waals surface area (Å²) >= 11 is 0. The Morgan fingerprint density at radius 1 is 0.946 bits per heavy atom. The van der Waals surface area contributed by atoms with Crippen LogP contribution in [0.3, 0.4) is 0 Å². The molecule has 0 aliphatic carbocycles. The molecule has 0 saturated carbocycles. The van der Waals surface area contributed by atoms with E-state index in [1.165, 1.54) is 48.4 Å². The lowest BCUT2D eigenvalue weighted by Gasteiger charge is -2.30. The molecular formula is C28H36N4O4S. The molecule has 0 unspecified atom stereocenters. The van der Waals surface area contributed by atoms with Gasteiger partial charge in [-0.2, -0.15) is 0 Å². The van der Waals surface area contributed by atoms with Crippen molar-refractivity contribution >= 4 is 27.4 Å². The number of anilines is 2. The number of hydrogen-bond donors (Lipinski definition) is 2. The van der Waals surface area contributed by atoms with Gasteiger partial charge in [-0.05, 0) is 59.6 Å². The Morgan fingerprint density at radius 3 is 2.22 bits per heavy atom. The van der Waals surface area contributed by atoms with Crippen molar-refractivity contribution in [1.29, 1.82) is 0 Å². The van der Waals surface area contributed by atoms with Gasteiger partial charge in [-0.15, -0.1) is 0 Å². The van der Waals surface area contributed by atoms with E-state index in [2.05, 4.69) is 73.7 Å². The number of benzene rings is 2. The third-order valence-electron chi connectivity index (χ3n) is 6.87. The summed E-state index contributed by atoms with van der Waals surface area (Å²) in [6.07, 6.45) is 6.10. The average Bonchev–Trinajstić information content (AvgIpc) is 2.88. The van der Waals surface area contributed by atoms with E-state index in [0.717, 1.165) is 18.4 Å². The molecule has 1 heterocycles. The van der Waals surface area contributed by atoms with E-state index in [9.17, 15) is 13.2 Å². The maximum Gasteiger partial charge on any atom is 0.263 e. The highest BCUT2D eigenvalue weighted by Gasteiger charge is 2.27. The number of nitrogens with one attached hydrogen (secondary N) is 2. The molecule has 2 aromatic carbocycles. The molecule has 9 heteroatoms. The van der Waals surface area contributed by atoms with Gasteiger partial charge >= 0.3 is 0 Å². The number of aromatic nitrogens is 2. The number of rotatable bonds is 11. The predicted octanol–water partition coefficient (Wildman–Crippen LogP) is 5.67. The summed E-state index contributed by atoms with van der Waals surface area (Å²) in [7, 11) is -3.83. The van der Waals surface area contributed by atoms with Gasteiger partial charge in [0, 0.05) is 23.6 Å². The monoisotopic (exact) mass is 524 g/mol. The van der Waals surface area contributed by atoms with Crippen molar-refractivity contribution in [2.45, 2.75) is 70.1 Å². The van der Waals surface area contributed by atoms with Crippen molar-refractivity contribution in [1.82, 2.24) is 9.97 Å². The van der Waals surface area contributed by atoms with Crippen molar-refractivity contribution in [2.75, 3.05) is 16.6 Å². The topological polar surface area (TPSA) is 110 Å². The van der Waals surface area contributed by atoms with Gasteiger partial charge in [-0.3, -0.25) is 14.5 Å². The van der Waals surface area contributed by atoms with Crippen molar-refractivity contribution < 1.29 is 17.9 Å². The average molecular weight is 525 g/mol. The second-order valence-electron chi connectivity index (χ2n) is 10.2. The number of amides is 1. The van der Waals surface area contributed by atoms with Gasteiger partial charge in [0.05, 0.1) is 11.1 Å². The number of sulfonamides is 1. The first-order chi connectivity index (χ1) is 17.4. The third kappa shape index (κ3) is 7.07. The van der Waals surface area contributed by atoms with Gasteiger partial charge in [0.2, 0.25) is 0 Å². The number of hydrogen-bond acceptors (Lipinski definition) is 6. The predicted molar refractivity (Wildman–Crippen MR) is 146 cm³/mol. The Morgan fingerprint density at radius 2 is 1.62 bits per heavy atom. The van der Waals surface area contributed by atoms with E-state index >= 15 is 0 Å². The zero-order valence-corrected chi connectivity index (χ0v) is 23.1. The first kappa shape index (κ1) is 28.1. The van der Waals surface area contributed by atoms with Gasteiger partial charge < -0.3 is 10.1 Å². The fraction of sp³-hybridized carbons (Fsp3) is 0.393. The van der Waals surface area contributed by atoms with Crippen LogP contribution in [0.4, 0.5) is 11.5 Å². The highest BCUT2D eigenvalue weighted by atomic mass is 32.2. The molecule has 198 valence electrons. The largest absolute Gasteiger partial charge is 0.483 e. The maximum absolute atomic E-state index is 12.6. The van der Waals surface area contributed by atoms with E-state index in [1.807, 2.05) is 6.07 Å². The highest BCUT2D eigenvalue weighted by molar-refractivity contribution is 7.92. The maximum atomic E-state index is 12.6. The lowest BCUT2D eigenvalue weighted by molar-refractivity contribution is -0.118. The Hall–Kier alpha value is -3.46. The van der Waals surface area contributed by atoms with Crippen LogP contribution in [-0.2, 0) is 25.6 Å². The molecule has 0 aliphatic rings. The Kier molecular flexibility index (Phi) is 8.58. The third-order valence-corrected chi connectivity index (χ3v) is 8.24. The molecule has 0 bridgehead atoms. The van der Waals surface area contributed by atoms with Gasteiger partial charge in [0.1, 0.15) is 5.75 Å². The van der Waals surface area contributed by atoms with Gasteiger partial charge in [0.25, 0.3) is 15.9 Å². The molecule has 0 atom stereocenters. The van der Waals surface area contributed by atoms with Gasteiger partial charge in [-0.25, -0.2) is 13.4 Å². The van der Waals surface area contributed by atoms with Crippen molar-refractivity contribution in [2.24, 2.45) is 0 Å². The molecule has 2 N–H and O–H groups in total. The smallest absolute Gasteiger partial charge is 0.263 e. The summed E-state index contributed by atoms with van der Waals surface area (Å²) in [5.74, 6) is 0.467. The summed E-state index contributed by atoms with van der Waals surface area (Å²) < 4.78 is 33.4. The van der Waals surface area contributed by atoms with Crippen LogP contribution in [0.15, 0.2) is 66.0 Å². The first-order valence-electron chi connectivity index (χ1n) is 12.3. The molecule has 0 radical (unpaired) electrons. The number of carbonyl (C=O) groups is 1. The summed E-state index contributed by atoms with van der Waals surface area (Å²) in [6, 6.07) is 12.1. The number of ether oxygens (including phenoxy) is 1. The molecule has 37 heavy (non-hydrogen) atoms. The molecule has 8 nitrogen and oxygen atoms in total. The Balaban J connectivity index is 1.68. The molecule has 3 aromatic rings. The molecule has 0 saturated heterocycles. The Bertz CT molecular complexity index is 1320. The molecule has 1 aromatic heterocycles. The number of carbonyl (C=O) groups excluding carboxylic acids is 1. The van der Waals surface area contributed by atoms with Crippen LogP contribution in [0.5, 0.6) is 5.75 Å². The second kappa shape index (κ2) is 11.3. The SMILES string of the molecule is CCC(C)(C)c1ccc(OCC(=O)Nc2ccc(S(=O)(=O)Nc3cnccn3)cc2)c(C(C)(C)CC)c1. The zero-order valence-electron chi connectivity index (χ0n) is 22.3. The van der Waals surface area contributed by atoms with E-state index in [-0.39, 0.29) is 34.1 Å². The number of nitrogens with zero attached hydrogens (tertiary/aromatic N) is 2. The fourth-order valence-corrected chi connectivity index (χ4v) is 4.60. The molecule has 3 rings (SSSR count). The van der Waals surface area contributed by atoms with Crippen LogP contribution < -0.4 is 14.8 Å². The minimum atomic E-state index is -3.83. The normalized spacial score (nSPS) is 12.2. The summed E-state index contributed by atoms with van der Waals surface area (Å²) in [4.78, 5) is 20.4. The van der Waals surface area contributed by atoms with Crippen LogP contribution in [0.1, 0.15) is 65.5 Å². The van der Waals surface area contributed by atoms with Crippen LogP contribution in [0, 0.1) is 0 Å². The standard InChI is InChI=1S/C28H36N4O4S/c1-7-27(3,4)20-9-14-24(23(17-20)28(5,6)8-2)36-19-26(33)31-21-10-12-22(13-11-21)37(34,35)32-25-18-29-15-16-30-25/h9-18H,7-8,19H2,1-6H3,(H,30,32)(H,31,33). The molecule has 1 amide bonds. The van der Waals surface area contributed by atoms with E-state index in [4.69, 9.17) is 4.74 Å². The van der Waals surface area contributed by atoms with Crippen molar-refractivity contribution in [3.63, 3.8) is 0 Å². The second-order valence-corrected chi connectivity index (χ2v) is 11.9. The van der Waals surface area contributed by atoms with Crippen LogP contribution in [-0.4, -0.2) is 30.9 Å². The molecule has 0 fully saturated rings. The van der Waals surface area contributed by atoms with Crippen LogP contribution >= 0.6 is 0 Å².